The molecule has 0 radical (unpaired) electrons. The SMILES string of the molecule is C[C@]1(CO)C[C@H](O)[C@]2(C(=O)O)CC[C@]3(C)C(=CC[C@@H]4[C@@]5(C)[C@H](C[C@H]6[C@H]([C@H](CC[C@@H](N)O)c7cnc[nH]7)NC(=O)C67CCCC7)[C@@H](O)[C@@H](O[C@@H]6OC[C@@H](O)[C@H](O)[C@H]6O)[C@@](C)(CO)[C@H]5CC[C@]43C)[C@@H]2C1. The maximum Gasteiger partial charge on any atom is 0.312 e. The smallest absolute Gasteiger partial charge is 0.312 e. The van der Waals surface area contributed by atoms with E-state index in [0.717, 1.165) is 24.1 Å². The Morgan fingerprint density at radius 1 is 0.926 bits per heavy atom. The summed E-state index contributed by atoms with van der Waals surface area (Å²) in [6, 6.07) is -0.439. The zero-order chi connectivity index (χ0) is 49.1. The first-order valence-electron chi connectivity index (χ1n) is 25.6. The van der Waals surface area contributed by atoms with Gasteiger partial charge < -0.3 is 71.5 Å². The van der Waals surface area contributed by atoms with Gasteiger partial charge in [0, 0.05) is 35.9 Å². The number of ether oxygens (including phenoxy) is 2. The summed E-state index contributed by atoms with van der Waals surface area (Å²) in [7, 11) is 0. The quantitative estimate of drug-likeness (QED) is 0.0814. The third-order valence-corrected chi connectivity index (χ3v) is 21.6. The van der Waals surface area contributed by atoms with Crippen molar-refractivity contribution in [2.75, 3.05) is 19.8 Å². The van der Waals surface area contributed by atoms with Crippen LogP contribution in [0.3, 0.4) is 0 Å². The minimum absolute atomic E-state index is 0.0333. The number of aromatic nitrogens is 2. The number of carboxylic acids is 1. The number of carboxylic acid groups (broad SMARTS) is 1. The first kappa shape index (κ1) is 50.4. The fourth-order valence-electron chi connectivity index (χ4n) is 17.6. The van der Waals surface area contributed by atoms with Gasteiger partial charge in [-0.1, -0.05) is 59.1 Å². The zero-order valence-electron chi connectivity index (χ0n) is 40.6. The van der Waals surface area contributed by atoms with E-state index < -0.39 is 118 Å². The van der Waals surface area contributed by atoms with Crippen molar-refractivity contribution in [3.05, 3.63) is 29.9 Å². The van der Waals surface area contributed by atoms with Crippen LogP contribution in [0.15, 0.2) is 24.2 Å². The molecule has 5 saturated carbocycles. The van der Waals surface area contributed by atoms with Crippen LogP contribution in [0.25, 0.3) is 0 Å². The average molecular weight is 957 g/mol. The highest BCUT2D eigenvalue weighted by molar-refractivity contribution is 5.86. The van der Waals surface area contributed by atoms with E-state index in [9.17, 15) is 55.5 Å². The van der Waals surface area contributed by atoms with Crippen molar-refractivity contribution in [1.82, 2.24) is 15.3 Å². The lowest BCUT2D eigenvalue weighted by atomic mass is 9.31. The maximum atomic E-state index is 14.7. The minimum atomic E-state index is -1.65. The Kier molecular flexibility index (Phi) is 13.0. The van der Waals surface area contributed by atoms with Gasteiger partial charge in [0.1, 0.15) is 30.0 Å². The second kappa shape index (κ2) is 17.6. The number of aliphatic carboxylic acids is 1. The van der Waals surface area contributed by atoms with E-state index in [2.05, 4.69) is 42.1 Å². The van der Waals surface area contributed by atoms with Gasteiger partial charge in [-0.15, -0.1) is 0 Å². The van der Waals surface area contributed by atoms with Gasteiger partial charge in [0.25, 0.3) is 0 Å². The van der Waals surface area contributed by atoms with Crippen LogP contribution >= 0.6 is 0 Å². The summed E-state index contributed by atoms with van der Waals surface area (Å²) in [4.78, 5) is 35.9. The van der Waals surface area contributed by atoms with Gasteiger partial charge in [0.05, 0.1) is 43.3 Å². The fourth-order valence-corrected chi connectivity index (χ4v) is 17.6. The molecule has 1 amide bonds. The van der Waals surface area contributed by atoms with Crippen molar-refractivity contribution in [3.8, 4) is 0 Å². The molecule has 0 unspecified atom stereocenters. The number of fused-ring (bicyclic) bond motifs is 7. The number of aromatic amines is 1. The number of hydrogen-bond acceptors (Lipinski definition) is 14. The molecule has 0 aromatic carbocycles. The van der Waals surface area contributed by atoms with Crippen LogP contribution in [0, 0.1) is 67.5 Å². The van der Waals surface area contributed by atoms with Crippen LogP contribution in [-0.2, 0) is 19.1 Å². The molecule has 17 nitrogen and oxygen atoms in total. The summed E-state index contributed by atoms with van der Waals surface area (Å²) in [6.07, 6.45) is 2.22. The van der Waals surface area contributed by atoms with Crippen molar-refractivity contribution in [2.24, 2.45) is 73.2 Å². The number of nitrogens with two attached hydrogens (primary N) is 1. The highest BCUT2D eigenvalue weighted by atomic mass is 16.7. The van der Waals surface area contributed by atoms with Gasteiger partial charge in [-0.25, -0.2) is 4.98 Å². The number of rotatable bonds is 12. The molecule has 8 aliphatic rings. The van der Waals surface area contributed by atoms with Crippen LogP contribution in [0.1, 0.15) is 136 Å². The molecule has 1 spiro atoms. The lowest BCUT2D eigenvalue weighted by molar-refractivity contribution is -0.340. The monoisotopic (exact) mass is 957 g/mol. The van der Waals surface area contributed by atoms with Crippen molar-refractivity contribution in [3.63, 3.8) is 0 Å². The van der Waals surface area contributed by atoms with Gasteiger partial charge in [0.2, 0.25) is 5.91 Å². The van der Waals surface area contributed by atoms with E-state index >= 15 is 0 Å². The molecule has 7 fully saturated rings. The van der Waals surface area contributed by atoms with E-state index in [4.69, 9.17) is 15.2 Å². The van der Waals surface area contributed by atoms with Gasteiger partial charge in [-0.05, 0) is 128 Å². The van der Waals surface area contributed by atoms with Crippen molar-refractivity contribution in [1.29, 1.82) is 0 Å². The summed E-state index contributed by atoms with van der Waals surface area (Å²) in [5.74, 6) is -3.24. The highest BCUT2D eigenvalue weighted by Gasteiger charge is 2.75. The standard InChI is InChI=1S/C51H80N4O13/c1-45(23-56)19-30-27-9-10-34-48(4,47(27,3)16-17-51(30,44(65)66)35(59)20-45)15-12-33-46(2,24-57)41(68-42-40(63)39(62)32(58)22-67-42)38(61)29(49(33,34)5)18-28-37(55-43(64)50(28)13-6-7-14-50)26(8-11-36(52)60)31-21-53-25-54-31/h9,21,25-26,28-30,32-42,56-63H,6-8,10-20,22-24,52H2,1-5H3,(H,53,54)(H,55,64)(H,65,66)/t26-,28+,29-,30+,32-,33-,34+,35+,36+,37+,38-,39+,40-,41-,42+,45-,46+,47-,48-,49+,51+/m1/s1. The Morgan fingerprint density at radius 2 is 1.65 bits per heavy atom. The van der Waals surface area contributed by atoms with Crippen LogP contribution < -0.4 is 11.1 Å². The molecule has 1 aromatic heterocycles. The van der Waals surface area contributed by atoms with Gasteiger partial charge >= 0.3 is 5.97 Å². The van der Waals surface area contributed by atoms with E-state index in [-0.39, 0.29) is 62.1 Å². The largest absolute Gasteiger partial charge is 0.481 e. The van der Waals surface area contributed by atoms with Crippen LogP contribution in [0.5, 0.6) is 0 Å². The predicted octanol–water partition coefficient (Wildman–Crippen LogP) is 2.44. The summed E-state index contributed by atoms with van der Waals surface area (Å²) in [6.45, 7) is 9.79. The molecular formula is C51H80N4O13. The lowest BCUT2D eigenvalue weighted by Crippen LogP contribution is -2.73. The molecular weight excluding hydrogens is 877 g/mol. The molecule has 2 aliphatic heterocycles. The van der Waals surface area contributed by atoms with Crippen LogP contribution in [0.2, 0.25) is 0 Å². The van der Waals surface area contributed by atoms with E-state index in [1.165, 1.54) is 0 Å². The third kappa shape index (κ3) is 7.12. The molecule has 1 aromatic rings. The fraction of sp³-hybridized carbons (Fsp3) is 0.863. The second-order valence-electron chi connectivity index (χ2n) is 24.5. The summed E-state index contributed by atoms with van der Waals surface area (Å²) >= 11 is 0. The Labute approximate surface area is 399 Å². The molecule has 68 heavy (non-hydrogen) atoms. The number of carbonyl (C=O) groups excluding carboxylic acids is 1. The maximum absolute atomic E-state index is 14.7. The number of nitrogens with zero attached hydrogens (tertiary/aromatic N) is 1. The number of aliphatic hydroxyl groups is 8. The topological polar surface area (TPSA) is 301 Å². The number of imidazole rings is 1. The number of nitrogens with one attached hydrogen (secondary N) is 2. The molecule has 21 atom stereocenters. The normalized spacial score (nSPS) is 49.5. The van der Waals surface area contributed by atoms with Gasteiger partial charge in [-0.2, -0.15) is 0 Å². The van der Waals surface area contributed by atoms with Crippen molar-refractivity contribution < 1.29 is 65.0 Å². The third-order valence-electron chi connectivity index (χ3n) is 21.6. The molecule has 2 saturated heterocycles. The molecule has 6 aliphatic carbocycles. The molecule has 9 rings (SSSR count). The van der Waals surface area contributed by atoms with E-state index in [0.29, 0.717) is 57.8 Å². The summed E-state index contributed by atoms with van der Waals surface area (Å²) in [5.41, 5.74) is 2.00. The van der Waals surface area contributed by atoms with Gasteiger partial charge in [0.15, 0.2) is 6.29 Å². The number of aliphatic hydroxyl groups excluding tert-OH is 8. The zero-order valence-corrected chi connectivity index (χ0v) is 40.6. The number of hydrogen-bond donors (Lipinski definition) is 12. The Morgan fingerprint density at radius 3 is 2.28 bits per heavy atom. The van der Waals surface area contributed by atoms with Crippen LogP contribution in [-0.4, -0.2) is 143 Å². The summed E-state index contributed by atoms with van der Waals surface area (Å²) in [5, 5.41) is 105. The summed E-state index contributed by atoms with van der Waals surface area (Å²) < 4.78 is 12.5. The number of allylic oxidation sites excluding steroid dienone is 2. The molecule has 3 heterocycles. The van der Waals surface area contributed by atoms with E-state index in [1.54, 1.807) is 12.5 Å². The molecule has 13 N–H and O–H groups in total. The number of carbonyl (C=O) groups is 2. The molecule has 0 bridgehead atoms. The Hall–Kier alpha value is -2.55. The predicted molar refractivity (Wildman–Crippen MR) is 245 cm³/mol. The average Bonchev–Trinajstić information content (AvgIpc) is 4.07. The Balaban J connectivity index is 1.19. The Bertz CT molecular complexity index is 2070. The van der Waals surface area contributed by atoms with Crippen molar-refractivity contribution >= 4 is 11.9 Å². The molecule has 382 valence electrons. The highest BCUT2D eigenvalue weighted by Crippen LogP contribution is 2.77. The number of amides is 1. The van der Waals surface area contributed by atoms with Gasteiger partial charge in [-0.3, -0.25) is 9.59 Å². The first-order chi connectivity index (χ1) is 32.0. The number of H-pyrrole nitrogens is 1. The van der Waals surface area contributed by atoms with Crippen LogP contribution in [0.4, 0.5) is 0 Å². The minimum Gasteiger partial charge on any atom is -0.481 e. The lowest BCUT2D eigenvalue weighted by Gasteiger charge is -2.73. The van der Waals surface area contributed by atoms with Crippen molar-refractivity contribution in [2.45, 2.75) is 186 Å². The first-order valence-corrected chi connectivity index (χ1v) is 25.6. The second-order valence-corrected chi connectivity index (χ2v) is 24.5. The van der Waals surface area contributed by atoms with E-state index in [1.807, 2.05) is 13.8 Å². The molecule has 17 heteroatoms.